The molecule has 0 aliphatic rings. The van der Waals surface area contributed by atoms with Crippen molar-refractivity contribution in [3.8, 4) is 5.75 Å². The quantitative estimate of drug-likeness (QED) is 0.670. The molecule has 0 unspecified atom stereocenters. The SMILES string of the molecule is CCCCN(CCC)CCc1c(Cl)cc(OC)c2[nH]c(=O)sc12.Cl. The maximum atomic E-state index is 11.8. The predicted octanol–water partition coefficient (Wildman–Crippen LogP) is 4.73. The lowest BCUT2D eigenvalue weighted by Crippen LogP contribution is -2.28. The number of hydrogen-bond acceptors (Lipinski definition) is 4. The molecular formula is C17H26Cl2N2O2S. The molecule has 0 aliphatic carbocycles. The summed E-state index contributed by atoms with van der Waals surface area (Å²) in [7, 11) is 1.59. The zero-order valence-electron chi connectivity index (χ0n) is 14.5. The van der Waals surface area contributed by atoms with E-state index in [-0.39, 0.29) is 17.3 Å². The topological polar surface area (TPSA) is 45.3 Å². The van der Waals surface area contributed by atoms with Crippen molar-refractivity contribution in [1.29, 1.82) is 0 Å². The van der Waals surface area contributed by atoms with E-state index in [0.717, 1.165) is 48.3 Å². The summed E-state index contributed by atoms with van der Waals surface area (Å²) in [5.41, 5.74) is 1.81. The Balaban J connectivity index is 0.00000288. The van der Waals surface area contributed by atoms with Gasteiger partial charge in [-0.25, -0.2) is 0 Å². The van der Waals surface area contributed by atoms with Crippen LogP contribution in [-0.4, -0.2) is 36.6 Å². The molecule has 0 saturated carbocycles. The van der Waals surface area contributed by atoms with Crippen LogP contribution < -0.4 is 9.61 Å². The molecule has 0 radical (unpaired) electrons. The van der Waals surface area contributed by atoms with Gasteiger partial charge in [0.25, 0.3) is 0 Å². The minimum absolute atomic E-state index is 0. The lowest BCUT2D eigenvalue weighted by Gasteiger charge is -2.22. The van der Waals surface area contributed by atoms with Crippen molar-refractivity contribution in [1.82, 2.24) is 9.88 Å². The number of aromatic nitrogens is 1. The highest BCUT2D eigenvalue weighted by molar-refractivity contribution is 7.16. The molecule has 0 spiro atoms. The highest BCUT2D eigenvalue weighted by Gasteiger charge is 2.16. The summed E-state index contributed by atoms with van der Waals surface area (Å²) in [6.45, 7) is 7.59. The van der Waals surface area contributed by atoms with Crippen LogP contribution in [0.15, 0.2) is 10.9 Å². The molecule has 1 aromatic carbocycles. The van der Waals surface area contributed by atoms with Gasteiger partial charge >= 0.3 is 4.87 Å². The molecule has 0 atom stereocenters. The van der Waals surface area contributed by atoms with Crippen molar-refractivity contribution in [2.45, 2.75) is 39.5 Å². The van der Waals surface area contributed by atoms with Gasteiger partial charge in [-0.3, -0.25) is 4.79 Å². The number of nitrogens with one attached hydrogen (secondary N) is 1. The van der Waals surface area contributed by atoms with E-state index in [1.807, 2.05) is 0 Å². The average Bonchev–Trinajstić information content (AvgIpc) is 2.92. The Hall–Kier alpha value is -0.750. The standard InChI is InChI=1S/C17H25ClN2O2S.ClH/c1-4-6-9-20(8-5-2)10-7-12-13(18)11-14(22-3)15-16(12)23-17(21)19-15;/h11H,4-10H2,1-3H3,(H,19,21);1H. The van der Waals surface area contributed by atoms with Gasteiger partial charge in [-0.05, 0) is 37.9 Å². The molecule has 4 nitrogen and oxygen atoms in total. The molecule has 1 aromatic heterocycles. The van der Waals surface area contributed by atoms with Crippen LogP contribution in [0, 0.1) is 0 Å². The second-order valence-corrected chi connectivity index (χ2v) is 7.09. The Kier molecular flexibility index (Phi) is 9.13. The Morgan fingerprint density at radius 2 is 2.00 bits per heavy atom. The monoisotopic (exact) mass is 392 g/mol. The van der Waals surface area contributed by atoms with Crippen LogP contribution in [0.3, 0.4) is 0 Å². The number of ether oxygens (including phenoxy) is 1. The van der Waals surface area contributed by atoms with Crippen LogP contribution in [0.1, 0.15) is 38.7 Å². The first-order valence-electron chi connectivity index (χ1n) is 8.21. The number of hydrogen-bond donors (Lipinski definition) is 1. The largest absolute Gasteiger partial charge is 0.494 e. The molecule has 2 rings (SSSR count). The second-order valence-electron chi connectivity index (χ2n) is 5.70. The number of thiazole rings is 1. The zero-order chi connectivity index (χ0) is 16.8. The van der Waals surface area contributed by atoms with Gasteiger partial charge in [0.15, 0.2) is 0 Å². The number of nitrogens with zero attached hydrogens (tertiary/aromatic N) is 1. The van der Waals surface area contributed by atoms with Crippen molar-refractivity contribution in [2.24, 2.45) is 0 Å². The summed E-state index contributed by atoms with van der Waals surface area (Å²) in [4.78, 5) is 17.0. The molecule has 0 amide bonds. The molecule has 1 N–H and O–H groups in total. The van der Waals surface area contributed by atoms with Crippen LogP contribution >= 0.6 is 35.3 Å². The van der Waals surface area contributed by atoms with E-state index in [1.165, 1.54) is 24.2 Å². The molecule has 0 fully saturated rings. The first kappa shape index (κ1) is 21.3. The van der Waals surface area contributed by atoms with Crippen molar-refractivity contribution < 1.29 is 4.74 Å². The van der Waals surface area contributed by atoms with Crippen molar-refractivity contribution >= 4 is 45.6 Å². The first-order valence-corrected chi connectivity index (χ1v) is 9.40. The lowest BCUT2D eigenvalue weighted by atomic mass is 10.1. The third kappa shape index (κ3) is 5.12. The van der Waals surface area contributed by atoms with Gasteiger partial charge in [-0.15, -0.1) is 12.4 Å². The van der Waals surface area contributed by atoms with Gasteiger partial charge in [0.1, 0.15) is 11.3 Å². The van der Waals surface area contributed by atoms with Gasteiger partial charge in [-0.2, -0.15) is 0 Å². The molecule has 2 aromatic rings. The molecular weight excluding hydrogens is 367 g/mol. The van der Waals surface area contributed by atoms with E-state index < -0.39 is 0 Å². The summed E-state index contributed by atoms with van der Waals surface area (Å²) in [5.74, 6) is 0.628. The second kappa shape index (κ2) is 10.3. The van der Waals surface area contributed by atoms with Crippen LogP contribution in [0.2, 0.25) is 5.02 Å². The number of unbranched alkanes of at least 4 members (excludes halogenated alkanes) is 1. The Bertz CT molecular complexity index is 700. The average molecular weight is 393 g/mol. The van der Waals surface area contributed by atoms with E-state index in [2.05, 4.69) is 23.7 Å². The number of fused-ring (bicyclic) bond motifs is 1. The summed E-state index contributed by atoms with van der Waals surface area (Å²) < 4.78 is 6.26. The minimum atomic E-state index is -0.0711. The molecule has 0 saturated heterocycles. The first-order chi connectivity index (χ1) is 11.1. The summed E-state index contributed by atoms with van der Waals surface area (Å²) in [6.07, 6.45) is 4.40. The normalized spacial score (nSPS) is 11.0. The molecule has 7 heteroatoms. The fourth-order valence-corrected chi connectivity index (χ4v) is 4.07. The van der Waals surface area contributed by atoms with Crippen LogP contribution in [0.5, 0.6) is 5.75 Å². The molecule has 0 bridgehead atoms. The van der Waals surface area contributed by atoms with E-state index >= 15 is 0 Å². The summed E-state index contributed by atoms with van der Waals surface area (Å²) in [6, 6.07) is 1.80. The molecule has 24 heavy (non-hydrogen) atoms. The summed E-state index contributed by atoms with van der Waals surface area (Å²) >= 11 is 7.66. The zero-order valence-corrected chi connectivity index (χ0v) is 16.9. The molecule has 136 valence electrons. The van der Waals surface area contributed by atoms with Crippen molar-refractivity contribution in [2.75, 3.05) is 26.7 Å². The number of rotatable bonds is 9. The van der Waals surface area contributed by atoms with Crippen molar-refractivity contribution in [3.05, 3.63) is 26.3 Å². The Morgan fingerprint density at radius 1 is 1.25 bits per heavy atom. The van der Waals surface area contributed by atoms with Crippen LogP contribution in [0.25, 0.3) is 10.2 Å². The number of aromatic amines is 1. The van der Waals surface area contributed by atoms with Crippen LogP contribution in [0.4, 0.5) is 0 Å². The van der Waals surface area contributed by atoms with E-state index in [4.69, 9.17) is 16.3 Å². The van der Waals surface area contributed by atoms with Gasteiger partial charge in [0.2, 0.25) is 0 Å². The van der Waals surface area contributed by atoms with E-state index in [0.29, 0.717) is 10.8 Å². The number of H-pyrrole nitrogens is 1. The highest BCUT2D eigenvalue weighted by atomic mass is 35.5. The third-order valence-corrected chi connectivity index (χ3v) is 5.26. The fraction of sp³-hybridized carbons (Fsp3) is 0.588. The van der Waals surface area contributed by atoms with E-state index in [9.17, 15) is 4.79 Å². The van der Waals surface area contributed by atoms with Gasteiger partial charge in [0.05, 0.1) is 11.8 Å². The third-order valence-electron chi connectivity index (χ3n) is 3.98. The van der Waals surface area contributed by atoms with Gasteiger partial charge < -0.3 is 14.6 Å². The Morgan fingerprint density at radius 3 is 2.62 bits per heavy atom. The van der Waals surface area contributed by atoms with Gasteiger partial charge in [-0.1, -0.05) is 43.2 Å². The maximum Gasteiger partial charge on any atom is 0.305 e. The molecule has 0 aliphatic heterocycles. The number of benzene rings is 1. The Labute approximate surface area is 158 Å². The molecule has 1 heterocycles. The lowest BCUT2D eigenvalue weighted by molar-refractivity contribution is 0.273. The number of methoxy groups -OCH3 is 1. The van der Waals surface area contributed by atoms with Crippen molar-refractivity contribution in [3.63, 3.8) is 0 Å². The highest BCUT2D eigenvalue weighted by Crippen LogP contribution is 2.34. The van der Waals surface area contributed by atoms with Gasteiger partial charge in [0, 0.05) is 17.6 Å². The predicted molar refractivity (Wildman–Crippen MR) is 107 cm³/mol. The summed E-state index contributed by atoms with van der Waals surface area (Å²) in [5, 5.41) is 0.677. The smallest absolute Gasteiger partial charge is 0.305 e. The fourth-order valence-electron chi connectivity index (χ4n) is 2.79. The van der Waals surface area contributed by atoms with Crippen LogP contribution in [-0.2, 0) is 6.42 Å². The van der Waals surface area contributed by atoms with E-state index in [1.54, 1.807) is 13.2 Å². The minimum Gasteiger partial charge on any atom is -0.494 e. The number of halogens is 2. The maximum absolute atomic E-state index is 11.8.